The molecule has 17 heavy (non-hydrogen) atoms. The fourth-order valence-electron chi connectivity index (χ4n) is 3.38. The summed E-state index contributed by atoms with van der Waals surface area (Å²) in [5, 5.41) is 0. The molecule has 2 rings (SSSR count). The van der Waals surface area contributed by atoms with Crippen LogP contribution in [0.3, 0.4) is 0 Å². The van der Waals surface area contributed by atoms with E-state index in [1.54, 1.807) is 0 Å². The molecule has 1 heterocycles. The van der Waals surface area contributed by atoms with Crippen LogP contribution in [0.15, 0.2) is 23.3 Å². The predicted octanol–water partition coefficient (Wildman–Crippen LogP) is 3.63. The molecule has 1 spiro atoms. The summed E-state index contributed by atoms with van der Waals surface area (Å²) >= 11 is 0. The lowest BCUT2D eigenvalue weighted by atomic mass is 9.78. The number of rotatable bonds is 1. The molecule has 1 aliphatic carbocycles. The molecule has 3 atom stereocenters. The Labute approximate surface area is 104 Å². The number of hydrogen-bond acceptors (Lipinski definition) is 2. The Morgan fingerprint density at radius 1 is 1.35 bits per heavy atom. The van der Waals surface area contributed by atoms with E-state index in [0.29, 0.717) is 11.8 Å². The Morgan fingerprint density at radius 3 is 2.47 bits per heavy atom. The Kier molecular flexibility index (Phi) is 2.92. The lowest BCUT2D eigenvalue weighted by Gasteiger charge is -2.33. The minimum Gasteiger partial charge on any atom is -0.454 e. The van der Waals surface area contributed by atoms with E-state index >= 15 is 0 Å². The van der Waals surface area contributed by atoms with E-state index in [0.717, 1.165) is 36.0 Å². The van der Waals surface area contributed by atoms with E-state index in [4.69, 9.17) is 4.74 Å². The molecule has 1 aliphatic heterocycles. The molecule has 0 aromatic rings. The summed E-state index contributed by atoms with van der Waals surface area (Å²) in [6, 6.07) is 0. The molecule has 0 N–H and O–H groups in total. The monoisotopic (exact) mass is 234 g/mol. The zero-order valence-electron chi connectivity index (χ0n) is 11.3. The van der Waals surface area contributed by atoms with Crippen LogP contribution in [0.4, 0.5) is 0 Å². The van der Waals surface area contributed by atoms with Gasteiger partial charge in [-0.05, 0) is 39.5 Å². The maximum atomic E-state index is 12.0. The number of carbonyl (C=O) groups excluding carboxylic acids is 1. The molecule has 94 valence electrons. The molecular weight excluding hydrogens is 212 g/mol. The normalized spacial score (nSPS) is 36.5. The molecule has 0 bridgehead atoms. The van der Waals surface area contributed by atoms with Crippen LogP contribution < -0.4 is 0 Å². The van der Waals surface area contributed by atoms with Gasteiger partial charge in [-0.1, -0.05) is 24.6 Å². The van der Waals surface area contributed by atoms with Gasteiger partial charge in [0.2, 0.25) is 0 Å². The second-order valence-corrected chi connectivity index (χ2v) is 5.88. The summed E-state index contributed by atoms with van der Waals surface area (Å²) in [4.78, 5) is 12.0. The van der Waals surface area contributed by atoms with Gasteiger partial charge < -0.3 is 4.74 Å². The number of esters is 1. The molecule has 3 unspecified atom stereocenters. The van der Waals surface area contributed by atoms with Gasteiger partial charge in [0.05, 0.1) is 0 Å². The summed E-state index contributed by atoms with van der Waals surface area (Å²) in [6.07, 6.45) is 2.99. The van der Waals surface area contributed by atoms with E-state index in [1.807, 2.05) is 13.8 Å². The van der Waals surface area contributed by atoms with Gasteiger partial charge in [-0.25, -0.2) is 4.79 Å². The summed E-state index contributed by atoms with van der Waals surface area (Å²) in [7, 11) is 0. The molecule has 0 aromatic carbocycles. The van der Waals surface area contributed by atoms with Crippen LogP contribution in [0, 0.1) is 11.8 Å². The van der Waals surface area contributed by atoms with Crippen LogP contribution in [-0.4, -0.2) is 11.6 Å². The lowest BCUT2D eigenvalue weighted by molar-refractivity contribution is -0.151. The molecule has 0 aromatic heterocycles. The molecule has 2 aliphatic rings. The van der Waals surface area contributed by atoms with Crippen LogP contribution in [0.5, 0.6) is 0 Å². The highest BCUT2D eigenvalue weighted by Gasteiger charge is 2.56. The quantitative estimate of drug-likeness (QED) is 0.393. The van der Waals surface area contributed by atoms with Crippen molar-refractivity contribution in [2.75, 3.05) is 0 Å². The van der Waals surface area contributed by atoms with E-state index < -0.39 is 0 Å². The van der Waals surface area contributed by atoms with E-state index in [-0.39, 0.29) is 11.6 Å². The van der Waals surface area contributed by atoms with Crippen molar-refractivity contribution in [3.05, 3.63) is 23.3 Å². The summed E-state index contributed by atoms with van der Waals surface area (Å²) in [5.74, 6) is 0.660. The van der Waals surface area contributed by atoms with E-state index in [2.05, 4.69) is 20.4 Å². The van der Waals surface area contributed by atoms with E-state index in [1.165, 1.54) is 0 Å². The number of carbonyl (C=O) groups is 1. The highest BCUT2D eigenvalue weighted by atomic mass is 16.6. The maximum absolute atomic E-state index is 12.0. The van der Waals surface area contributed by atoms with E-state index in [9.17, 15) is 4.79 Å². The topological polar surface area (TPSA) is 26.3 Å². The van der Waals surface area contributed by atoms with Gasteiger partial charge in [0.25, 0.3) is 0 Å². The van der Waals surface area contributed by atoms with Crippen LogP contribution >= 0.6 is 0 Å². The van der Waals surface area contributed by atoms with Crippen LogP contribution in [-0.2, 0) is 9.53 Å². The van der Waals surface area contributed by atoms with Crippen molar-refractivity contribution in [2.24, 2.45) is 11.8 Å². The van der Waals surface area contributed by atoms with Gasteiger partial charge in [-0.2, -0.15) is 0 Å². The zero-order chi connectivity index (χ0) is 12.8. The smallest absolute Gasteiger partial charge is 0.334 e. The number of allylic oxidation sites excluding steroid dienone is 1. The van der Waals surface area contributed by atoms with Crippen molar-refractivity contribution >= 4 is 5.97 Å². The molecule has 2 nitrogen and oxygen atoms in total. The van der Waals surface area contributed by atoms with Crippen molar-refractivity contribution in [1.29, 1.82) is 0 Å². The summed E-state index contributed by atoms with van der Waals surface area (Å²) in [5.41, 5.74) is 2.82. The largest absolute Gasteiger partial charge is 0.454 e. The van der Waals surface area contributed by atoms with Crippen LogP contribution in [0.2, 0.25) is 0 Å². The molecule has 0 amide bonds. The Balaban J connectivity index is 2.40. The van der Waals surface area contributed by atoms with Crippen LogP contribution in [0.1, 0.15) is 47.0 Å². The molecule has 1 saturated heterocycles. The fourth-order valence-corrected chi connectivity index (χ4v) is 3.38. The Bertz CT molecular complexity index is 401. The molecular formula is C15H22O2. The van der Waals surface area contributed by atoms with Crippen molar-refractivity contribution in [1.82, 2.24) is 0 Å². The standard InChI is InChI=1S/C15H22O2/c1-9(2)12-8-15(17-14(12)16)11(5)6-7-13(15)10(3)4/h11,13H,3,6-8H2,1-2,4-5H3. The van der Waals surface area contributed by atoms with Gasteiger partial charge in [-0.15, -0.1) is 0 Å². The van der Waals surface area contributed by atoms with Gasteiger partial charge in [0, 0.05) is 17.9 Å². The number of ether oxygens (including phenoxy) is 1. The van der Waals surface area contributed by atoms with Crippen LogP contribution in [0.25, 0.3) is 0 Å². The zero-order valence-corrected chi connectivity index (χ0v) is 11.3. The third-order valence-electron chi connectivity index (χ3n) is 4.49. The van der Waals surface area contributed by atoms with Crippen molar-refractivity contribution in [2.45, 2.75) is 52.6 Å². The lowest BCUT2D eigenvalue weighted by Crippen LogP contribution is -2.38. The third kappa shape index (κ3) is 1.74. The minimum atomic E-state index is -0.296. The van der Waals surface area contributed by atoms with Gasteiger partial charge >= 0.3 is 5.97 Å². The fraction of sp³-hybridized carbons (Fsp3) is 0.667. The summed E-state index contributed by atoms with van der Waals surface area (Å²) in [6.45, 7) is 12.3. The van der Waals surface area contributed by atoms with Crippen molar-refractivity contribution in [3.8, 4) is 0 Å². The second-order valence-electron chi connectivity index (χ2n) is 5.88. The Hall–Kier alpha value is -1.05. The average Bonchev–Trinajstić information content (AvgIpc) is 2.71. The van der Waals surface area contributed by atoms with Crippen molar-refractivity contribution < 1.29 is 9.53 Å². The average molecular weight is 234 g/mol. The number of hydrogen-bond donors (Lipinski definition) is 0. The highest BCUT2D eigenvalue weighted by Crippen LogP contribution is 2.53. The van der Waals surface area contributed by atoms with Gasteiger partial charge in [0.1, 0.15) is 5.60 Å². The molecule has 2 fully saturated rings. The highest BCUT2D eigenvalue weighted by molar-refractivity contribution is 5.92. The van der Waals surface area contributed by atoms with Gasteiger partial charge in [-0.3, -0.25) is 0 Å². The first-order chi connectivity index (χ1) is 7.88. The summed E-state index contributed by atoms with van der Waals surface area (Å²) < 4.78 is 5.81. The minimum absolute atomic E-state index is 0.106. The first-order valence-corrected chi connectivity index (χ1v) is 6.43. The SMILES string of the molecule is C=C(C)C1CCC(C)C12CC(=C(C)C)C(=O)O2. The maximum Gasteiger partial charge on any atom is 0.334 e. The molecule has 0 radical (unpaired) electrons. The predicted molar refractivity (Wildman–Crippen MR) is 68.5 cm³/mol. The third-order valence-corrected chi connectivity index (χ3v) is 4.49. The molecule has 2 heteroatoms. The molecule has 1 saturated carbocycles. The van der Waals surface area contributed by atoms with Gasteiger partial charge in [0.15, 0.2) is 0 Å². The second kappa shape index (κ2) is 4.01. The Morgan fingerprint density at radius 2 is 2.00 bits per heavy atom. The first-order valence-electron chi connectivity index (χ1n) is 6.43. The van der Waals surface area contributed by atoms with Crippen molar-refractivity contribution in [3.63, 3.8) is 0 Å². The first kappa shape index (κ1) is 12.4.